The Labute approximate surface area is 190 Å². The van der Waals surface area contributed by atoms with Gasteiger partial charge >= 0.3 is 6.16 Å². The van der Waals surface area contributed by atoms with Crippen molar-refractivity contribution in [1.82, 2.24) is 5.43 Å². The highest BCUT2D eigenvalue weighted by molar-refractivity contribution is 7.92. The predicted octanol–water partition coefficient (Wildman–Crippen LogP) is 2.72. The Bertz CT molecular complexity index is 1140. The molecule has 2 aromatic rings. The minimum absolute atomic E-state index is 0.140. The number of methoxy groups -OCH3 is 2. The van der Waals surface area contributed by atoms with Crippen molar-refractivity contribution in [2.75, 3.05) is 31.3 Å². The lowest BCUT2D eigenvalue weighted by molar-refractivity contribution is -0.119. The quantitative estimate of drug-likeness (QED) is 0.265. The third-order valence-corrected chi connectivity index (χ3v) is 5.63. The summed E-state index contributed by atoms with van der Waals surface area (Å²) in [6, 6.07) is 9.23. The molecule has 172 valence electrons. The molecule has 0 aromatic heterocycles. The van der Waals surface area contributed by atoms with Gasteiger partial charge in [-0.3, -0.25) is 9.10 Å². The van der Waals surface area contributed by atoms with Gasteiger partial charge in [0, 0.05) is 5.02 Å². The summed E-state index contributed by atoms with van der Waals surface area (Å²) >= 11 is 6.08. The lowest BCUT2D eigenvalue weighted by atomic mass is 10.2. The first-order chi connectivity index (χ1) is 15.0. The van der Waals surface area contributed by atoms with Crippen LogP contribution in [-0.4, -0.2) is 53.7 Å². The van der Waals surface area contributed by atoms with Crippen molar-refractivity contribution in [3.63, 3.8) is 0 Å². The van der Waals surface area contributed by atoms with Gasteiger partial charge in [0.25, 0.3) is 5.91 Å². The molecule has 0 heterocycles. The van der Waals surface area contributed by atoms with Crippen LogP contribution < -0.4 is 19.2 Å². The van der Waals surface area contributed by atoms with Gasteiger partial charge in [0.05, 0.1) is 32.4 Å². The number of rotatable bonds is 8. The van der Waals surface area contributed by atoms with Gasteiger partial charge in [-0.05, 0) is 48.4 Å². The molecule has 1 N–H and O–H groups in total. The Morgan fingerprint density at radius 3 is 2.47 bits per heavy atom. The number of carbonyl (C=O) groups is 2. The van der Waals surface area contributed by atoms with E-state index in [1.807, 2.05) is 0 Å². The van der Waals surface area contributed by atoms with Crippen molar-refractivity contribution in [3.8, 4) is 11.5 Å². The molecule has 1 amide bonds. The van der Waals surface area contributed by atoms with Crippen LogP contribution in [0.3, 0.4) is 0 Å². The van der Waals surface area contributed by atoms with Gasteiger partial charge in [0.15, 0.2) is 11.5 Å². The Kier molecular flexibility index (Phi) is 8.44. The second kappa shape index (κ2) is 10.8. The predicted molar refractivity (Wildman–Crippen MR) is 120 cm³/mol. The molecule has 0 radical (unpaired) electrons. The van der Waals surface area contributed by atoms with E-state index >= 15 is 0 Å². The van der Waals surface area contributed by atoms with Gasteiger partial charge in [-0.15, -0.1) is 0 Å². The average molecular weight is 484 g/mol. The minimum atomic E-state index is -3.75. The molecule has 0 spiro atoms. The molecule has 0 fully saturated rings. The van der Waals surface area contributed by atoms with E-state index in [-0.39, 0.29) is 17.2 Å². The van der Waals surface area contributed by atoms with Crippen LogP contribution in [-0.2, 0) is 19.6 Å². The van der Waals surface area contributed by atoms with Crippen LogP contribution in [0.5, 0.6) is 11.5 Å². The van der Waals surface area contributed by atoms with E-state index < -0.39 is 28.6 Å². The molecule has 0 unspecified atom stereocenters. The molecule has 32 heavy (non-hydrogen) atoms. The molecule has 0 aliphatic carbocycles. The van der Waals surface area contributed by atoms with E-state index in [0.29, 0.717) is 10.6 Å². The highest BCUT2D eigenvalue weighted by Crippen LogP contribution is 2.28. The number of benzene rings is 2. The molecule has 2 aromatic carbocycles. The number of nitrogens with one attached hydrogen (secondary N) is 1. The standard InChI is InChI=1S/C20H22ClN3O7S/c1-13-5-7-15(10-16(13)21)24(32(4,27)28)12-19(25)23-22-11-14-6-8-17(18(9-14)29-2)31-20(26)30-3/h5-11H,12H2,1-4H3,(H,23,25)/b22-11-. The maximum absolute atomic E-state index is 12.3. The van der Waals surface area contributed by atoms with E-state index in [1.165, 1.54) is 38.6 Å². The molecule has 0 aliphatic rings. The zero-order valence-electron chi connectivity index (χ0n) is 17.8. The SMILES string of the molecule is COC(=O)Oc1ccc(/C=N\NC(=O)CN(c2ccc(C)c(Cl)c2)S(C)(=O)=O)cc1OC. The second-order valence-corrected chi connectivity index (χ2v) is 8.78. The molecule has 12 heteroatoms. The first kappa shape index (κ1) is 25.0. The fourth-order valence-corrected chi connectivity index (χ4v) is 3.48. The molecule has 0 saturated carbocycles. The molecular weight excluding hydrogens is 462 g/mol. The molecule has 0 bridgehead atoms. The fraction of sp³-hybridized carbons (Fsp3) is 0.250. The van der Waals surface area contributed by atoms with Crippen molar-refractivity contribution in [2.24, 2.45) is 5.10 Å². The molecule has 0 saturated heterocycles. The van der Waals surface area contributed by atoms with E-state index in [1.54, 1.807) is 25.1 Å². The maximum Gasteiger partial charge on any atom is 0.513 e. The van der Waals surface area contributed by atoms with Crippen LogP contribution in [0.2, 0.25) is 5.02 Å². The van der Waals surface area contributed by atoms with E-state index in [2.05, 4.69) is 15.3 Å². The average Bonchev–Trinajstić information content (AvgIpc) is 2.74. The van der Waals surface area contributed by atoms with Crippen molar-refractivity contribution in [1.29, 1.82) is 0 Å². The molecule has 0 atom stereocenters. The molecule has 0 aliphatic heterocycles. The number of carbonyl (C=O) groups excluding carboxylic acids is 2. The van der Waals surface area contributed by atoms with Crippen LogP contribution in [0, 0.1) is 6.92 Å². The first-order valence-corrected chi connectivity index (χ1v) is 11.3. The normalized spacial score (nSPS) is 11.2. The van der Waals surface area contributed by atoms with Gasteiger partial charge < -0.3 is 14.2 Å². The summed E-state index contributed by atoms with van der Waals surface area (Å²) in [5, 5.41) is 4.20. The van der Waals surface area contributed by atoms with Gasteiger partial charge in [-0.25, -0.2) is 18.6 Å². The molecule has 2 rings (SSSR count). The first-order valence-electron chi connectivity index (χ1n) is 9.04. The smallest absolute Gasteiger partial charge is 0.493 e. The third kappa shape index (κ3) is 6.86. The number of sulfonamides is 1. The summed E-state index contributed by atoms with van der Waals surface area (Å²) < 4.78 is 39.8. The number of anilines is 1. The molecule has 10 nitrogen and oxygen atoms in total. The van der Waals surface area contributed by atoms with E-state index in [0.717, 1.165) is 16.1 Å². The van der Waals surface area contributed by atoms with Gasteiger partial charge in [-0.2, -0.15) is 5.10 Å². The molecular formula is C20H22ClN3O7S. The summed E-state index contributed by atoms with van der Waals surface area (Å²) in [5.74, 6) is -0.285. The van der Waals surface area contributed by atoms with Crippen LogP contribution in [0.1, 0.15) is 11.1 Å². The second-order valence-electron chi connectivity index (χ2n) is 6.46. The number of hydrogen-bond donors (Lipinski definition) is 1. The van der Waals surface area contributed by atoms with Gasteiger partial charge in [0.2, 0.25) is 10.0 Å². The Morgan fingerprint density at radius 2 is 1.88 bits per heavy atom. The summed E-state index contributed by atoms with van der Waals surface area (Å²) in [6.07, 6.45) is 1.40. The van der Waals surface area contributed by atoms with Gasteiger partial charge in [-0.1, -0.05) is 17.7 Å². The largest absolute Gasteiger partial charge is 0.513 e. The number of nitrogens with zero attached hydrogens (tertiary/aromatic N) is 2. The van der Waals surface area contributed by atoms with Crippen molar-refractivity contribution < 1.29 is 32.2 Å². The van der Waals surface area contributed by atoms with Crippen molar-refractivity contribution >= 4 is 45.6 Å². The highest BCUT2D eigenvalue weighted by atomic mass is 35.5. The highest BCUT2D eigenvalue weighted by Gasteiger charge is 2.21. The maximum atomic E-state index is 12.3. The van der Waals surface area contributed by atoms with Crippen LogP contribution in [0.25, 0.3) is 0 Å². The Morgan fingerprint density at radius 1 is 1.16 bits per heavy atom. The Balaban J connectivity index is 2.10. The van der Waals surface area contributed by atoms with Crippen molar-refractivity contribution in [2.45, 2.75) is 6.92 Å². The lowest BCUT2D eigenvalue weighted by Crippen LogP contribution is -2.39. The van der Waals surface area contributed by atoms with Crippen LogP contribution in [0.4, 0.5) is 10.5 Å². The number of ether oxygens (including phenoxy) is 3. The number of hydrogen-bond acceptors (Lipinski definition) is 8. The zero-order chi connectivity index (χ0) is 23.9. The van der Waals surface area contributed by atoms with Crippen LogP contribution >= 0.6 is 11.6 Å². The topological polar surface area (TPSA) is 124 Å². The van der Waals surface area contributed by atoms with E-state index in [9.17, 15) is 18.0 Å². The number of hydrazone groups is 1. The summed E-state index contributed by atoms with van der Waals surface area (Å²) in [4.78, 5) is 23.5. The monoisotopic (exact) mass is 483 g/mol. The fourth-order valence-electron chi connectivity index (χ4n) is 2.46. The summed E-state index contributed by atoms with van der Waals surface area (Å²) in [7, 11) is -1.19. The lowest BCUT2D eigenvalue weighted by Gasteiger charge is -2.21. The summed E-state index contributed by atoms with van der Waals surface area (Å²) in [6.45, 7) is 1.28. The zero-order valence-corrected chi connectivity index (χ0v) is 19.4. The number of amides is 1. The number of aryl methyl sites for hydroxylation is 1. The van der Waals surface area contributed by atoms with E-state index in [4.69, 9.17) is 21.1 Å². The van der Waals surface area contributed by atoms with Gasteiger partial charge in [0.1, 0.15) is 6.54 Å². The van der Waals surface area contributed by atoms with Crippen molar-refractivity contribution in [3.05, 3.63) is 52.5 Å². The number of halogens is 1. The summed E-state index contributed by atoms with van der Waals surface area (Å²) in [5.41, 5.74) is 3.82. The third-order valence-electron chi connectivity index (χ3n) is 4.08. The minimum Gasteiger partial charge on any atom is -0.493 e. The Hall–Kier alpha value is -3.31. The van der Waals surface area contributed by atoms with Crippen LogP contribution in [0.15, 0.2) is 41.5 Å².